The summed E-state index contributed by atoms with van der Waals surface area (Å²) in [7, 11) is 3.84. The minimum atomic E-state index is -0.326. The van der Waals surface area contributed by atoms with Crippen molar-refractivity contribution < 1.29 is 4.79 Å². The fourth-order valence-electron chi connectivity index (χ4n) is 1.16. The van der Waals surface area contributed by atoms with Gasteiger partial charge in [0.1, 0.15) is 0 Å². The monoisotopic (exact) mass is 289 g/mol. The van der Waals surface area contributed by atoms with Crippen LogP contribution in [0.1, 0.15) is 13.3 Å². The average Bonchev–Trinajstić information content (AvgIpc) is 2.77. The third kappa shape index (κ3) is 4.79. The van der Waals surface area contributed by atoms with Gasteiger partial charge in [-0.3, -0.25) is 4.79 Å². The maximum absolute atomic E-state index is 11.2. The van der Waals surface area contributed by atoms with Gasteiger partial charge in [-0.25, -0.2) is 0 Å². The maximum Gasteiger partial charge on any atom is 0.235 e. The zero-order valence-electron chi connectivity index (χ0n) is 10.8. The lowest BCUT2D eigenvalue weighted by atomic mass is 10.3. The maximum atomic E-state index is 11.2. The van der Waals surface area contributed by atoms with Gasteiger partial charge in [-0.15, -0.1) is 10.2 Å². The number of hydrogen-bond donors (Lipinski definition) is 2. The molecule has 1 heterocycles. The second-order valence-corrected chi connectivity index (χ2v) is 6.19. The summed E-state index contributed by atoms with van der Waals surface area (Å²) >= 11 is 3.01. The van der Waals surface area contributed by atoms with Gasteiger partial charge < -0.3 is 16.0 Å². The van der Waals surface area contributed by atoms with E-state index in [2.05, 4.69) is 15.5 Å². The highest BCUT2D eigenvalue weighted by atomic mass is 32.2. The lowest BCUT2D eigenvalue weighted by Gasteiger charge is -2.13. The predicted octanol–water partition coefficient (Wildman–Crippen LogP) is 0.550. The van der Waals surface area contributed by atoms with E-state index in [-0.39, 0.29) is 11.9 Å². The van der Waals surface area contributed by atoms with Crippen LogP contribution in [-0.4, -0.2) is 48.5 Å². The molecule has 0 aliphatic carbocycles. The summed E-state index contributed by atoms with van der Waals surface area (Å²) < 4.78 is 0.850. The van der Waals surface area contributed by atoms with Gasteiger partial charge in [0.15, 0.2) is 4.34 Å². The van der Waals surface area contributed by atoms with Crippen molar-refractivity contribution in [3.8, 4) is 0 Å². The molecule has 0 bridgehead atoms. The Labute approximate surface area is 115 Å². The highest BCUT2D eigenvalue weighted by Crippen LogP contribution is 2.27. The van der Waals surface area contributed by atoms with Gasteiger partial charge in [-0.05, 0) is 13.0 Å². The molecule has 0 spiro atoms. The number of nitrogens with one attached hydrogen (secondary N) is 1. The van der Waals surface area contributed by atoms with Gasteiger partial charge in [-0.1, -0.05) is 30.0 Å². The van der Waals surface area contributed by atoms with Crippen molar-refractivity contribution in [3.05, 3.63) is 0 Å². The molecule has 8 heteroatoms. The van der Waals surface area contributed by atoms with Crippen molar-refractivity contribution >= 4 is 34.1 Å². The molecule has 1 aromatic heterocycles. The van der Waals surface area contributed by atoms with E-state index in [4.69, 9.17) is 5.73 Å². The lowest BCUT2D eigenvalue weighted by molar-refractivity contribution is -0.119. The Bertz CT molecular complexity index is 382. The predicted molar refractivity (Wildman–Crippen MR) is 76.2 cm³/mol. The van der Waals surface area contributed by atoms with E-state index in [9.17, 15) is 4.79 Å². The number of primary amides is 1. The summed E-state index contributed by atoms with van der Waals surface area (Å²) in [6.07, 6.45) is 0.970. The normalized spacial score (nSPS) is 12.4. The highest BCUT2D eigenvalue weighted by Gasteiger charge is 2.16. The van der Waals surface area contributed by atoms with Crippen LogP contribution in [0.25, 0.3) is 0 Å². The molecular formula is C10H19N5OS2. The highest BCUT2D eigenvalue weighted by molar-refractivity contribution is 8.01. The van der Waals surface area contributed by atoms with Gasteiger partial charge in [0, 0.05) is 19.8 Å². The fraction of sp³-hybridized carbons (Fsp3) is 0.700. The van der Waals surface area contributed by atoms with Crippen LogP contribution in [0.5, 0.6) is 0 Å². The van der Waals surface area contributed by atoms with Crippen LogP contribution >= 0.6 is 23.1 Å². The first-order valence-electron chi connectivity index (χ1n) is 5.71. The Morgan fingerprint density at radius 2 is 2.28 bits per heavy atom. The zero-order chi connectivity index (χ0) is 13.5. The van der Waals surface area contributed by atoms with Crippen molar-refractivity contribution in [3.63, 3.8) is 0 Å². The summed E-state index contributed by atoms with van der Waals surface area (Å²) in [5.74, 6) is 0.255. The quantitative estimate of drug-likeness (QED) is 0.680. The van der Waals surface area contributed by atoms with Gasteiger partial charge in [0.05, 0.1) is 6.04 Å². The van der Waals surface area contributed by atoms with Gasteiger partial charge in [0.2, 0.25) is 11.0 Å². The molecule has 0 aromatic carbocycles. The molecule has 3 N–H and O–H groups in total. The molecule has 0 radical (unpaired) electrons. The van der Waals surface area contributed by atoms with Crippen LogP contribution in [0, 0.1) is 0 Å². The standard InChI is InChI=1S/C10H19N5OS2/c1-4-5-12-7(8(11)16)6-17-10-14-13-9(18-10)15(2)3/h7,12H,4-6H2,1-3H3,(H2,11,16). The molecule has 0 saturated heterocycles. The summed E-state index contributed by atoms with van der Waals surface area (Å²) in [4.78, 5) is 13.2. The second-order valence-electron chi connectivity index (χ2n) is 3.97. The van der Waals surface area contributed by atoms with Crippen molar-refractivity contribution in [2.45, 2.75) is 23.7 Å². The minimum absolute atomic E-state index is 0.318. The molecule has 1 unspecified atom stereocenters. The first-order chi connectivity index (χ1) is 8.54. The number of thioether (sulfide) groups is 1. The molecule has 6 nitrogen and oxygen atoms in total. The first kappa shape index (κ1) is 15.2. The van der Waals surface area contributed by atoms with E-state index in [0.29, 0.717) is 5.75 Å². The Hall–Kier alpha value is -0.860. The van der Waals surface area contributed by atoms with Crippen LogP contribution in [-0.2, 0) is 4.79 Å². The first-order valence-corrected chi connectivity index (χ1v) is 7.51. The van der Waals surface area contributed by atoms with E-state index in [1.807, 2.05) is 25.9 Å². The third-order valence-electron chi connectivity index (χ3n) is 2.14. The number of nitrogens with two attached hydrogens (primary N) is 1. The summed E-state index contributed by atoms with van der Waals surface area (Å²) in [5, 5.41) is 12.1. The number of amides is 1. The van der Waals surface area contributed by atoms with Crippen molar-refractivity contribution in [2.24, 2.45) is 5.73 Å². The molecule has 102 valence electrons. The number of aromatic nitrogens is 2. The molecule has 1 amide bonds. The summed E-state index contributed by atoms with van der Waals surface area (Å²) in [6.45, 7) is 2.83. The number of carbonyl (C=O) groups excluding carboxylic acids is 1. The Morgan fingerprint density at radius 3 is 2.78 bits per heavy atom. The summed E-state index contributed by atoms with van der Waals surface area (Å²) in [5.41, 5.74) is 5.34. The molecule has 1 aromatic rings. The lowest BCUT2D eigenvalue weighted by Crippen LogP contribution is -2.43. The number of hydrogen-bond acceptors (Lipinski definition) is 7. The van der Waals surface area contributed by atoms with Crippen molar-refractivity contribution in [1.29, 1.82) is 0 Å². The molecule has 0 saturated carbocycles. The van der Waals surface area contributed by atoms with E-state index < -0.39 is 0 Å². The minimum Gasteiger partial charge on any atom is -0.368 e. The molecule has 0 aliphatic rings. The molecule has 1 atom stereocenters. The van der Waals surface area contributed by atoms with Crippen LogP contribution in [0.15, 0.2) is 4.34 Å². The zero-order valence-corrected chi connectivity index (χ0v) is 12.5. The molecule has 0 fully saturated rings. The molecule has 18 heavy (non-hydrogen) atoms. The third-order valence-corrected chi connectivity index (χ3v) is 4.45. The van der Waals surface area contributed by atoms with Gasteiger partial charge >= 0.3 is 0 Å². The molecule has 0 aliphatic heterocycles. The van der Waals surface area contributed by atoms with Gasteiger partial charge in [-0.2, -0.15) is 0 Å². The summed E-state index contributed by atoms with van der Waals surface area (Å²) in [6, 6.07) is -0.318. The fourth-order valence-corrected chi connectivity index (χ4v) is 3.01. The Morgan fingerprint density at radius 1 is 1.56 bits per heavy atom. The molecular weight excluding hydrogens is 270 g/mol. The SMILES string of the molecule is CCCNC(CSc1nnc(N(C)C)s1)C(N)=O. The van der Waals surface area contributed by atoms with E-state index in [1.54, 1.807) is 0 Å². The van der Waals surface area contributed by atoms with Crippen LogP contribution in [0.3, 0.4) is 0 Å². The molecule has 1 rings (SSSR count). The van der Waals surface area contributed by atoms with Crippen molar-refractivity contribution in [2.75, 3.05) is 31.3 Å². The number of carbonyl (C=O) groups is 1. The largest absolute Gasteiger partial charge is 0.368 e. The van der Waals surface area contributed by atoms with Crippen molar-refractivity contribution in [1.82, 2.24) is 15.5 Å². The second kappa shape index (κ2) is 7.55. The topological polar surface area (TPSA) is 84.1 Å². The Balaban J connectivity index is 2.47. The van der Waals surface area contributed by atoms with E-state index >= 15 is 0 Å². The van der Waals surface area contributed by atoms with Crippen LogP contribution in [0.4, 0.5) is 5.13 Å². The average molecular weight is 289 g/mol. The van der Waals surface area contributed by atoms with Crippen LogP contribution < -0.4 is 16.0 Å². The van der Waals surface area contributed by atoms with E-state index in [1.165, 1.54) is 23.1 Å². The Kier molecular flexibility index (Phi) is 6.37. The smallest absolute Gasteiger partial charge is 0.235 e. The van der Waals surface area contributed by atoms with Crippen LogP contribution in [0.2, 0.25) is 0 Å². The number of nitrogens with zero attached hydrogens (tertiary/aromatic N) is 3. The number of rotatable bonds is 8. The van der Waals surface area contributed by atoms with E-state index in [0.717, 1.165) is 22.4 Å². The van der Waals surface area contributed by atoms with Gasteiger partial charge in [0.25, 0.3) is 0 Å². The number of anilines is 1.